The van der Waals surface area contributed by atoms with Crippen LogP contribution < -0.4 is 0 Å². The van der Waals surface area contributed by atoms with Crippen LogP contribution in [0.15, 0.2) is 54.6 Å². The van der Waals surface area contributed by atoms with Gasteiger partial charge in [0.05, 0.1) is 5.92 Å². The lowest BCUT2D eigenvalue weighted by Gasteiger charge is -2.16. The Morgan fingerprint density at radius 3 is 2.13 bits per heavy atom. The zero-order valence-electron chi connectivity index (χ0n) is 13.0. The van der Waals surface area contributed by atoms with Gasteiger partial charge in [-0.1, -0.05) is 49.4 Å². The van der Waals surface area contributed by atoms with Crippen molar-refractivity contribution in [1.82, 2.24) is 4.90 Å². The Labute approximate surface area is 135 Å². The Balaban J connectivity index is 1.75. The van der Waals surface area contributed by atoms with Crippen LogP contribution in [0.1, 0.15) is 17.3 Å². The van der Waals surface area contributed by atoms with Crippen LogP contribution in [0.5, 0.6) is 0 Å². The summed E-state index contributed by atoms with van der Waals surface area (Å²) in [7, 11) is 0. The normalized spacial score (nSPS) is 20.5. The third-order valence-electron chi connectivity index (χ3n) is 4.46. The van der Waals surface area contributed by atoms with Gasteiger partial charge in [0.25, 0.3) is 5.91 Å². The second-order valence-electron chi connectivity index (χ2n) is 6.08. The van der Waals surface area contributed by atoms with Gasteiger partial charge in [0.15, 0.2) is 0 Å². The summed E-state index contributed by atoms with van der Waals surface area (Å²) in [6.07, 6.45) is 0. The molecule has 0 spiro atoms. The fourth-order valence-electron chi connectivity index (χ4n) is 3.07. The molecule has 0 saturated carbocycles. The van der Waals surface area contributed by atoms with E-state index in [-0.39, 0.29) is 18.4 Å². The van der Waals surface area contributed by atoms with Crippen molar-refractivity contribution in [2.75, 3.05) is 13.1 Å². The zero-order valence-corrected chi connectivity index (χ0v) is 13.0. The minimum absolute atomic E-state index is 0.0139. The van der Waals surface area contributed by atoms with Crippen LogP contribution in [-0.4, -0.2) is 35.0 Å². The van der Waals surface area contributed by atoms with Gasteiger partial charge in [-0.05, 0) is 29.2 Å². The molecule has 0 unspecified atom stereocenters. The van der Waals surface area contributed by atoms with Gasteiger partial charge in [-0.25, -0.2) is 0 Å². The van der Waals surface area contributed by atoms with Gasteiger partial charge in [0.2, 0.25) is 0 Å². The van der Waals surface area contributed by atoms with E-state index in [9.17, 15) is 14.7 Å². The minimum atomic E-state index is -0.827. The second-order valence-corrected chi connectivity index (χ2v) is 6.08. The van der Waals surface area contributed by atoms with E-state index in [1.54, 1.807) is 4.90 Å². The molecule has 1 fully saturated rings. The smallest absolute Gasteiger partial charge is 0.308 e. The molecule has 1 aliphatic heterocycles. The monoisotopic (exact) mass is 309 g/mol. The standard InChI is InChI=1S/C19H19NO3/c1-13-11-20(12-17(13)19(22)23)18(21)16-9-7-15(8-10-16)14-5-3-2-4-6-14/h2-10,13,17H,11-12H2,1H3,(H,22,23)/t13-,17-/m1/s1. The molecule has 118 valence electrons. The summed E-state index contributed by atoms with van der Waals surface area (Å²) in [6.45, 7) is 2.66. The highest BCUT2D eigenvalue weighted by Gasteiger charge is 2.37. The molecule has 1 heterocycles. The fourth-order valence-corrected chi connectivity index (χ4v) is 3.07. The fraction of sp³-hybridized carbons (Fsp3) is 0.263. The predicted molar refractivity (Wildman–Crippen MR) is 88.1 cm³/mol. The van der Waals surface area contributed by atoms with Crippen LogP contribution in [-0.2, 0) is 4.79 Å². The molecular weight excluding hydrogens is 290 g/mol. The number of carboxylic acid groups (broad SMARTS) is 1. The lowest BCUT2D eigenvalue weighted by atomic mass is 9.99. The van der Waals surface area contributed by atoms with Gasteiger partial charge < -0.3 is 10.0 Å². The van der Waals surface area contributed by atoms with Crippen molar-refractivity contribution >= 4 is 11.9 Å². The highest BCUT2D eigenvalue weighted by Crippen LogP contribution is 2.25. The predicted octanol–water partition coefficient (Wildman–Crippen LogP) is 3.15. The highest BCUT2D eigenvalue weighted by molar-refractivity contribution is 5.95. The molecule has 23 heavy (non-hydrogen) atoms. The van der Waals surface area contributed by atoms with Crippen LogP contribution in [0, 0.1) is 11.8 Å². The van der Waals surface area contributed by atoms with Gasteiger partial charge in [0, 0.05) is 18.7 Å². The number of amides is 1. The molecule has 4 heteroatoms. The number of carboxylic acids is 1. The van der Waals surface area contributed by atoms with Crippen molar-refractivity contribution in [3.8, 4) is 11.1 Å². The molecule has 4 nitrogen and oxygen atoms in total. The van der Waals surface area contributed by atoms with E-state index in [1.807, 2.05) is 61.5 Å². The van der Waals surface area contributed by atoms with Gasteiger partial charge in [-0.3, -0.25) is 9.59 Å². The Morgan fingerprint density at radius 2 is 1.57 bits per heavy atom. The van der Waals surface area contributed by atoms with Gasteiger partial charge in [-0.15, -0.1) is 0 Å². The van der Waals surface area contributed by atoms with Crippen molar-refractivity contribution in [3.05, 3.63) is 60.2 Å². The maximum Gasteiger partial charge on any atom is 0.308 e. The molecule has 1 aliphatic rings. The number of hydrogen-bond donors (Lipinski definition) is 1. The lowest BCUT2D eigenvalue weighted by molar-refractivity contribution is -0.142. The maximum atomic E-state index is 12.5. The summed E-state index contributed by atoms with van der Waals surface area (Å²) in [5, 5.41) is 9.18. The van der Waals surface area contributed by atoms with Crippen molar-refractivity contribution < 1.29 is 14.7 Å². The Morgan fingerprint density at radius 1 is 0.957 bits per heavy atom. The van der Waals surface area contributed by atoms with Crippen molar-refractivity contribution in [2.24, 2.45) is 11.8 Å². The van der Waals surface area contributed by atoms with E-state index in [4.69, 9.17) is 0 Å². The number of carbonyl (C=O) groups is 2. The molecule has 2 aromatic carbocycles. The first-order valence-corrected chi connectivity index (χ1v) is 7.74. The number of nitrogens with zero attached hydrogens (tertiary/aromatic N) is 1. The lowest BCUT2D eigenvalue weighted by Crippen LogP contribution is -2.29. The Bertz CT molecular complexity index is 709. The molecule has 0 radical (unpaired) electrons. The molecule has 1 N–H and O–H groups in total. The van der Waals surface area contributed by atoms with Crippen molar-refractivity contribution in [1.29, 1.82) is 0 Å². The summed E-state index contributed by atoms with van der Waals surface area (Å²) >= 11 is 0. The highest BCUT2D eigenvalue weighted by atomic mass is 16.4. The van der Waals surface area contributed by atoms with Crippen LogP contribution in [0.4, 0.5) is 0 Å². The Hall–Kier alpha value is -2.62. The number of carbonyl (C=O) groups excluding carboxylic acids is 1. The number of rotatable bonds is 3. The first-order valence-electron chi connectivity index (χ1n) is 7.74. The van der Waals surface area contributed by atoms with E-state index in [0.717, 1.165) is 11.1 Å². The SMILES string of the molecule is C[C@@H]1CN(C(=O)c2ccc(-c3ccccc3)cc2)C[C@H]1C(=O)O. The Kier molecular flexibility index (Phi) is 4.15. The number of hydrogen-bond acceptors (Lipinski definition) is 2. The van der Waals surface area contributed by atoms with Crippen LogP contribution in [0.25, 0.3) is 11.1 Å². The molecule has 1 saturated heterocycles. The van der Waals surface area contributed by atoms with Crippen molar-refractivity contribution in [2.45, 2.75) is 6.92 Å². The number of likely N-dealkylation sites (tertiary alicyclic amines) is 1. The van der Waals surface area contributed by atoms with Crippen LogP contribution in [0.2, 0.25) is 0 Å². The molecule has 0 aromatic heterocycles. The second kappa shape index (κ2) is 6.24. The first kappa shape index (κ1) is 15.3. The molecule has 3 rings (SSSR count). The van der Waals surface area contributed by atoms with E-state index in [2.05, 4.69) is 0 Å². The average molecular weight is 309 g/mol. The van der Waals surface area contributed by atoms with Crippen LogP contribution in [0.3, 0.4) is 0 Å². The third-order valence-corrected chi connectivity index (χ3v) is 4.46. The van der Waals surface area contributed by atoms with E-state index in [0.29, 0.717) is 12.1 Å². The first-order chi connectivity index (χ1) is 11.1. The number of benzene rings is 2. The maximum absolute atomic E-state index is 12.5. The van der Waals surface area contributed by atoms with E-state index < -0.39 is 11.9 Å². The summed E-state index contributed by atoms with van der Waals surface area (Å²) in [5.41, 5.74) is 2.76. The summed E-state index contributed by atoms with van der Waals surface area (Å²) in [6, 6.07) is 17.4. The van der Waals surface area contributed by atoms with Crippen molar-refractivity contribution in [3.63, 3.8) is 0 Å². The third kappa shape index (κ3) is 3.11. The quantitative estimate of drug-likeness (QED) is 0.947. The van der Waals surface area contributed by atoms with Gasteiger partial charge in [-0.2, -0.15) is 0 Å². The van der Waals surface area contributed by atoms with Crippen LogP contribution >= 0.6 is 0 Å². The molecule has 2 atom stereocenters. The van der Waals surface area contributed by atoms with E-state index in [1.165, 1.54) is 0 Å². The molecule has 0 bridgehead atoms. The zero-order chi connectivity index (χ0) is 16.4. The summed E-state index contributed by atoms with van der Waals surface area (Å²) in [4.78, 5) is 25.4. The molecule has 2 aromatic rings. The van der Waals surface area contributed by atoms with Gasteiger partial charge in [0.1, 0.15) is 0 Å². The number of aliphatic carboxylic acids is 1. The summed E-state index contributed by atoms with van der Waals surface area (Å²) in [5.74, 6) is -1.41. The summed E-state index contributed by atoms with van der Waals surface area (Å²) < 4.78 is 0. The average Bonchev–Trinajstić information content (AvgIpc) is 2.97. The molecule has 1 amide bonds. The topological polar surface area (TPSA) is 57.6 Å². The van der Waals surface area contributed by atoms with E-state index >= 15 is 0 Å². The molecule has 0 aliphatic carbocycles. The molecular formula is C19H19NO3. The van der Waals surface area contributed by atoms with Gasteiger partial charge >= 0.3 is 5.97 Å². The minimum Gasteiger partial charge on any atom is -0.481 e. The largest absolute Gasteiger partial charge is 0.481 e.